The van der Waals surface area contributed by atoms with Crippen molar-refractivity contribution in [1.82, 2.24) is 15.5 Å². The first-order valence-electron chi connectivity index (χ1n) is 12.4. The molecular formula is C27H33N5O4. The minimum Gasteiger partial charge on any atom is -0.480 e. The van der Waals surface area contributed by atoms with Crippen LogP contribution in [0.25, 0.3) is 0 Å². The van der Waals surface area contributed by atoms with Gasteiger partial charge in [-0.1, -0.05) is 30.3 Å². The van der Waals surface area contributed by atoms with Crippen LogP contribution >= 0.6 is 0 Å². The highest BCUT2D eigenvalue weighted by Crippen LogP contribution is 2.24. The number of carbonyl (C=O) groups excluding carboxylic acids is 1. The minimum atomic E-state index is -1.08. The van der Waals surface area contributed by atoms with Crippen molar-refractivity contribution in [1.29, 1.82) is 0 Å². The van der Waals surface area contributed by atoms with Gasteiger partial charge in [0.2, 0.25) is 0 Å². The molecule has 3 aromatic rings. The van der Waals surface area contributed by atoms with E-state index in [1.807, 2.05) is 49.4 Å². The summed E-state index contributed by atoms with van der Waals surface area (Å²) in [5.41, 5.74) is 2.74. The molecule has 1 amide bonds. The Labute approximate surface area is 210 Å². The van der Waals surface area contributed by atoms with E-state index in [0.717, 1.165) is 49.5 Å². The van der Waals surface area contributed by atoms with Gasteiger partial charge in [0.15, 0.2) is 0 Å². The second kappa shape index (κ2) is 11.7. The van der Waals surface area contributed by atoms with E-state index in [0.29, 0.717) is 29.4 Å². The molecule has 36 heavy (non-hydrogen) atoms. The fourth-order valence-corrected chi connectivity index (χ4v) is 4.57. The summed E-state index contributed by atoms with van der Waals surface area (Å²) >= 11 is 0. The number of hydrogen-bond acceptors (Lipinski definition) is 7. The maximum absolute atomic E-state index is 12.7. The number of amides is 1. The standard InChI is InChI=1S/C27H33N5O4/c1-3-23-25(18(2)31-36-23)26(33)30-22(27(34)35)16-19-7-9-21(10-8-19)32-14-11-20(12-15-32)17-29-24-6-4-5-13-28-24/h4-10,13,20,22H,3,11-12,14-17H2,1-2H3,(H,28,29)(H,30,33)(H,34,35). The molecule has 0 radical (unpaired) electrons. The molecule has 1 fully saturated rings. The van der Waals surface area contributed by atoms with Gasteiger partial charge >= 0.3 is 5.97 Å². The smallest absolute Gasteiger partial charge is 0.326 e. The summed E-state index contributed by atoms with van der Waals surface area (Å²) in [6.07, 6.45) is 4.67. The third-order valence-corrected chi connectivity index (χ3v) is 6.68. The molecule has 190 valence electrons. The predicted molar refractivity (Wildman–Crippen MR) is 137 cm³/mol. The number of carbonyl (C=O) groups is 2. The third-order valence-electron chi connectivity index (χ3n) is 6.68. The molecule has 1 unspecified atom stereocenters. The molecule has 3 N–H and O–H groups in total. The van der Waals surface area contributed by atoms with Gasteiger partial charge in [0.1, 0.15) is 23.2 Å². The van der Waals surface area contributed by atoms with Gasteiger partial charge in [-0.2, -0.15) is 0 Å². The van der Waals surface area contributed by atoms with Crippen molar-refractivity contribution < 1.29 is 19.2 Å². The largest absolute Gasteiger partial charge is 0.480 e. The summed E-state index contributed by atoms with van der Waals surface area (Å²) < 4.78 is 5.17. The number of nitrogens with one attached hydrogen (secondary N) is 2. The number of carboxylic acid groups (broad SMARTS) is 1. The van der Waals surface area contributed by atoms with E-state index < -0.39 is 17.9 Å². The number of pyridine rings is 1. The maximum atomic E-state index is 12.7. The molecule has 2 aromatic heterocycles. The van der Waals surface area contributed by atoms with Crippen LogP contribution in [0.15, 0.2) is 53.2 Å². The summed E-state index contributed by atoms with van der Waals surface area (Å²) in [6.45, 7) is 6.39. The van der Waals surface area contributed by atoms with Gasteiger partial charge in [-0.3, -0.25) is 4.79 Å². The van der Waals surface area contributed by atoms with E-state index in [4.69, 9.17) is 4.52 Å². The normalized spacial score (nSPS) is 14.9. The fraction of sp³-hybridized carbons (Fsp3) is 0.407. The van der Waals surface area contributed by atoms with Crippen LogP contribution in [0.1, 0.15) is 47.1 Å². The summed E-state index contributed by atoms with van der Waals surface area (Å²) in [5.74, 6) is 0.407. The van der Waals surface area contributed by atoms with Crippen LogP contribution in [0.3, 0.4) is 0 Å². The Morgan fingerprint density at radius 3 is 2.56 bits per heavy atom. The topological polar surface area (TPSA) is 121 Å². The Balaban J connectivity index is 1.30. The van der Waals surface area contributed by atoms with Crippen LogP contribution < -0.4 is 15.5 Å². The lowest BCUT2D eigenvalue weighted by Crippen LogP contribution is -2.42. The van der Waals surface area contributed by atoms with Crippen molar-refractivity contribution in [3.8, 4) is 0 Å². The maximum Gasteiger partial charge on any atom is 0.326 e. The molecule has 1 aromatic carbocycles. The lowest BCUT2D eigenvalue weighted by Gasteiger charge is -2.34. The molecule has 1 aliphatic rings. The van der Waals surface area contributed by atoms with Crippen molar-refractivity contribution in [3.63, 3.8) is 0 Å². The summed E-state index contributed by atoms with van der Waals surface area (Å²) in [7, 11) is 0. The van der Waals surface area contributed by atoms with Crippen molar-refractivity contribution >= 4 is 23.4 Å². The Morgan fingerprint density at radius 1 is 1.17 bits per heavy atom. The summed E-state index contributed by atoms with van der Waals surface area (Å²) in [5, 5.41) is 19.6. The molecule has 1 aliphatic heterocycles. The highest BCUT2D eigenvalue weighted by atomic mass is 16.5. The van der Waals surface area contributed by atoms with E-state index in [1.54, 1.807) is 13.1 Å². The number of hydrogen-bond donors (Lipinski definition) is 3. The molecule has 0 spiro atoms. The number of benzene rings is 1. The molecule has 1 atom stereocenters. The molecule has 1 saturated heterocycles. The second-order valence-corrected chi connectivity index (χ2v) is 9.18. The van der Waals surface area contributed by atoms with Crippen LogP contribution in [-0.2, 0) is 17.6 Å². The minimum absolute atomic E-state index is 0.189. The van der Waals surface area contributed by atoms with Crippen LogP contribution in [0, 0.1) is 12.8 Å². The molecule has 0 bridgehead atoms. The van der Waals surface area contributed by atoms with Crippen molar-refractivity contribution in [2.75, 3.05) is 29.9 Å². The SMILES string of the molecule is CCc1onc(C)c1C(=O)NC(Cc1ccc(N2CCC(CNc3ccccn3)CC2)cc1)C(=O)O. The number of aliphatic carboxylic acids is 1. The van der Waals surface area contributed by atoms with E-state index >= 15 is 0 Å². The van der Waals surface area contributed by atoms with E-state index in [2.05, 4.69) is 25.7 Å². The Bertz CT molecular complexity index is 1150. The molecule has 9 heteroatoms. The zero-order chi connectivity index (χ0) is 25.5. The van der Waals surface area contributed by atoms with Crippen molar-refractivity contribution in [2.24, 2.45) is 5.92 Å². The average molecular weight is 492 g/mol. The van der Waals surface area contributed by atoms with Crippen LogP contribution in [0.2, 0.25) is 0 Å². The van der Waals surface area contributed by atoms with Crippen molar-refractivity contribution in [2.45, 2.75) is 45.6 Å². The molecule has 0 aliphatic carbocycles. The first kappa shape index (κ1) is 25.2. The van der Waals surface area contributed by atoms with E-state index in [-0.39, 0.29) is 6.42 Å². The number of carboxylic acids is 1. The fourth-order valence-electron chi connectivity index (χ4n) is 4.57. The first-order chi connectivity index (χ1) is 17.4. The zero-order valence-corrected chi connectivity index (χ0v) is 20.7. The van der Waals surface area contributed by atoms with Crippen LogP contribution in [0.5, 0.6) is 0 Å². The van der Waals surface area contributed by atoms with Gasteiger partial charge < -0.3 is 25.2 Å². The number of nitrogens with zero attached hydrogens (tertiary/aromatic N) is 3. The van der Waals surface area contributed by atoms with Gasteiger partial charge in [-0.25, -0.2) is 9.78 Å². The van der Waals surface area contributed by atoms with Crippen molar-refractivity contribution in [3.05, 3.63) is 71.2 Å². The number of aromatic nitrogens is 2. The molecule has 4 rings (SSSR count). The highest BCUT2D eigenvalue weighted by Gasteiger charge is 2.26. The van der Waals surface area contributed by atoms with Crippen LogP contribution in [0.4, 0.5) is 11.5 Å². The Morgan fingerprint density at radius 2 is 1.92 bits per heavy atom. The quantitative estimate of drug-likeness (QED) is 0.393. The van der Waals surface area contributed by atoms with E-state index in [9.17, 15) is 14.7 Å². The zero-order valence-electron chi connectivity index (χ0n) is 20.7. The second-order valence-electron chi connectivity index (χ2n) is 9.18. The lowest BCUT2D eigenvalue weighted by atomic mass is 9.96. The monoisotopic (exact) mass is 491 g/mol. The first-order valence-corrected chi connectivity index (χ1v) is 12.4. The van der Waals surface area contributed by atoms with Gasteiger partial charge in [0.05, 0.1) is 5.69 Å². The number of piperidine rings is 1. The Hall–Kier alpha value is -3.88. The molecule has 0 saturated carbocycles. The average Bonchev–Trinajstić information content (AvgIpc) is 3.29. The number of aryl methyl sites for hydroxylation is 2. The molecular weight excluding hydrogens is 458 g/mol. The third kappa shape index (κ3) is 6.21. The predicted octanol–water partition coefficient (Wildman–Crippen LogP) is 3.69. The Kier molecular flexibility index (Phi) is 8.20. The summed E-state index contributed by atoms with van der Waals surface area (Å²) in [6, 6.07) is 12.8. The number of anilines is 2. The van der Waals surface area contributed by atoms with Crippen LogP contribution in [-0.4, -0.2) is 52.8 Å². The molecule has 3 heterocycles. The molecule has 9 nitrogen and oxygen atoms in total. The summed E-state index contributed by atoms with van der Waals surface area (Å²) in [4.78, 5) is 31.3. The van der Waals surface area contributed by atoms with Gasteiger partial charge in [0, 0.05) is 44.4 Å². The van der Waals surface area contributed by atoms with Gasteiger partial charge in [0.25, 0.3) is 5.91 Å². The van der Waals surface area contributed by atoms with E-state index in [1.165, 1.54) is 0 Å². The van der Waals surface area contributed by atoms with Gasteiger partial charge in [-0.05, 0) is 55.5 Å². The van der Waals surface area contributed by atoms with Gasteiger partial charge in [-0.15, -0.1) is 0 Å². The lowest BCUT2D eigenvalue weighted by molar-refractivity contribution is -0.139. The number of rotatable bonds is 10. The highest BCUT2D eigenvalue weighted by molar-refractivity contribution is 5.98.